The summed E-state index contributed by atoms with van der Waals surface area (Å²) in [4.78, 5) is 90.2. The number of hydrogen-bond acceptors (Lipinski definition) is 14. The van der Waals surface area contributed by atoms with Gasteiger partial charge >= 0.3 is 23.9 Å². The number of nitrogens with one attached hydrogen (secondary N) is 5. The van der Waals surface area contributed by atoms with Crippen molar-refractivity contribution in [3.05, 3.63) is 83.4 Å². The van der Waals surface area contributed by atoms with Crippen molar-refractivity contribution in [1.82, 2.24) is 26.6 Å². The molecule has 0 spiro atoms. The lowest BCUT2D eigenvalue weighted by molar-refractivity contribution is -0.141. The molecule has 342 valence electrons. The second-order valence-corrected chi connectivity index (χ2v) is 14.3. The largest absolute Gasteiger partial charge is 0.481 e. The summed E-state index contributed by atoms with van der Waals surface area (Å²) in [7, 11) is 0. The van der Waals surface area contributed by atoms with Gasteiger partial charge in [-0.15, -0.1) is 0 Å². The lowest BCUT2D eigenvalue weighted by Crippen LogP contribution is -2.51. The van der Waals surface area contributed by atoms with Crippen LogP contribution in [0.4, 0.5) is 4.79 Å². The first kappa shape index (κ1) is 50.6. The summed E-state index contributed by atoms with van der Waals surface area (Å²) >= 11 is 0. The highest BCUT2D eigenvalue weighted by Gasteiger charge is 2.29. The number of carbonyl (C=O) groups is 7. The van der Waals surface area contributed by atoms with Gasteiger partial charge in [-0.25, -0.2) is 14.4 Å². The number of nitrogens with zero attached hydrogens (tertiary/aromatic N) is 1. The highest BCUT2D eigenvalue weighted by molar-refractivity contribution is 5.97. The summed E-state index contributed by atoms with van der Waals surface area (Å²) in [6.45, 7) is -1.36. The number of amides is 5. The summed E-state index contributed by atoms with van der Waals surface area (Å²) in [6.07, 6.45) is -7.02. The molecule has 3 aromatic rings. The molecule has 7 atom stereocenters. The van der Waals surface area contributed by atoms with Crippen molar-refractivity contribution in [3.63, 3.8) is 0 Å². The molecule has 13 N–H and O–H groups in total. The van der Waals surface area contributed by atoms with Gasteiger partial charge in [0.2, 0.25) is 5.91 Å². The van der Waals surface area contributed by atoms with E-state index in [0.717, 1.165) is 16.3 Å². The molecule has 3 aromatic carbocycles. The number of rotatable bonds is 27. The van der Waals surface area contributed by atoms with E-state index in [1.54, 1.807) is 12.1 Å². The number of unbranched alkanes of at least 4 members (excludes halogenated alkanes) is 1. The van der Waals surface area contributed by atoms with Crippen LogP contribution in [0.5, 0.6) is 0 Å². The summed E-state index contributed by atoms with van der Waals surface area (Å²) in [5.41, 5.74) is 1.54. The molecule has 0 bridgehead atoms. The van der Waals surface area contributed by atoms with E-state index in [4.69, 9.17) is 15.1 Å². The molecule has 0 radical (unpaired) electrons. The van der Waals surface area contributed by atoms with Crippen LogP contribution in [0.1, 0.15) is 53.6 Å². The highest BCUT2D eigenvalue weighted by atomic mass is 16.6. The molecule has 0 heterocycles. The quantitative estimate of drug-likeness (QED) is 0.0238. The van der Waals surface area contributed by atoms with Crippen LogP contribution in [-0.4, -0.2) is 151 Å². The van der Waals surface area contributed by atoms with Crippen LogP contribution in [0, 0.1) is 0 Å². The molecule has 22 nitrogen and oxygen atoms in total. The molecule has 0 fully saturated rings. The number of hydrogen-bond donors (Lipinski definition) is 13. The van der Waals surface area contributed by atoms with Gasteiger partial charge in [0.05, 0.1) is 12.8 Å². The van der Waals surface area contributed by atoms with E-state index < -0.39 is 110 Å². The number of carboxylic acid groups (broad SMARTS) is 3. The van der Waals surface area contributed by atoms with Crippen molar-refractivity contribution in [2.24, 2.45) is 5.16 Å². The zero-order chi connectivity index (χ0) is 46.5. The Labute approximate surface area is 359 Å². The monoisotopic (exact) mass is 884 g/mol. The molecule has 63 heavy (non-hydrogen) atoms. The average molecular weight is 885 g/mol. The third-order valence-electron chi connectivity index (χ3n) is 9.42. The van der Waals surface area contributed by atoms with Gasteiger partial charge in [-0.05, 0) is 59.7 Å². The van der Waals surface area contributed by atoms with Crippen LogP contribution in [0.15, 0.2) is 71.9 Å². The van der Waals surface area contributed by atoms with Gasteiger partial charge in [0.25, 0.3) is 11.8 Å². The van der Waals surface area contributed by atoms with Gasteiger partial charge in [0, 0.05) is 31.5 Å². The summed E-state index contributed by atoms with van der Waals surface area (Å²) in [6, 6.07) is 14.2. The van der Waals surface area contributed by atoms with Crippen LogP contribution < -0.4 is 26.6 Å². The zero-order valence-corrected chi connectivity index (χ0v) is 33.8. The summed E-state index contributed by atoms with van der Waals surface area (Å²) in [5.74, 6) is -5.88. The minimum atomic E-state index is -1.89. The van der Waals surface area contributed by atoms with E-state index in [0.29, 0.717) is 11.8 Å². The van der Waals surface area contributed by atoms with Crippen molar-refractivity contribution in [1.29, 1.82) is 0 Å². The smallest absolute Gasteiger partial charge is 0.326 e. The Kier molecular flexibility index (Phi) is 20.8. The Bertz CT molecular complexity index is 2050. The second kappa shape index (κ2) is 25.9. The molecular weight excluding hydrogens is 832 g/mol. The number of urea groups is 1. The molecule has 22 heteroatoms. The number of aliphatic hydroxyl groups is 5. The number of carboxylic acids is 3. The van der Waals surface area contributed by atoms with Gasteiger partial charge in [-0.2, -0.15) is 0 Å². The van der Waals surface area contributed by atoms with Crippen LogP contribution in [0.2, 0.25) is 0 Å². The van der Waals surface area contributed by atoms with Crippen molar-refractivity contribution in [3.8, 4) is 0 Å². The van der Waals surface area contributed by atoms with Crippen molar-refractivity contribution < 1.29 is 79.3 Å². The first-order chi connectivity index (χ1) is 30.0. The fraction of sp³-hybridized carbons (Fsp3) is 0.415. The van der Waals surface area contributed by atoms with Gasteiger partial charge in [0.15, 0.2) is 6.61 Å². The molecule has 0 saturated heterocycles. The van der Waals surface area contributed by atoms with Gasteiger partial charge in [-0.1, -0.05) is 59.8 Å². The maximum Gasteiger partial charge on any atom is 0.326 e. The maximum atomic E-state index is 13.5. The Hall–Kier alpha value is -6.72. The Morgan fingerprint density at radius 3 is 1.97 bits per heavy atom. The number of oxime groups is 1. The number of aliphatic carboxylic acids is 3. The second-order valence-electron chi connectivity index (χ2n) is 14.3. The van der Waals surface area contributed by atoms with Crippen LogP contribution in [0.25, 0.3) is 10.8 Å². The molecule has 0 aromatic heterocycles. The topological polar surface area (TPSA) is 363 Å². The maximum absolute atomic E-state index is 13.5. The van der Waals surface area contributed by atoms with Crippen LogP contribution in [-0.2, 0) is 41.8 Å². The predicted molar refractivity (Wildman–Crippen MR) is 221 cm³/mol. The Morgan fingerprint density at radius 2 is 1.33 bits per heavy atom. The van der Waals surface area contributed by atoms with Gasteiger partial charge in [-0.3, -0.25) is 19.2 Å². The fourth-order valence-corrected chi connectivity index (χ4v) is 5.85. The predicted octanol–water partition coefficient (Wildman–Crippen LogP) is -1.41. The number of benzene rings is 3. The molecule has 0 aliphatic heterocycles. The normalized spacial score (nSPS) is 14.6. The fourth-order valence-electron chi connectivity index (χ4n) is 5.85. The lowest BCUT2D eigenvalue weighted by atomic mass is 10.0. The standard InChI is InChI=1S/C41H52N6O16/c48-21-32(50)36(55)35(54)31(49)20-44-63-22-33(51)43-19-23-8-12-26(13-9-23)37(56)45-30(18-24-10-11-25-5-1-2-6-27(25)17-24)38(57)42-16-4-3-7-28(39(58)59)46-41(62)47-29(40(60)61)14-15-34(52)53/h1-2,5-6,8-13,17,20,28-32,35-36,48-50,54-55H,3-4,7,14-16,18-19,21-22H2,(H,42,57)(H,43,51)(H,45,56)(H,52,53)(H,58,59)(H,60,61)(H2,46,47,62)/b44-20-. The summed E-state index contributed by atoms with van der Waals surface area (Å²) < 4.78 is 0. The van der Waals surface area contributed by atoms with Crippen molar-refractivity contribution >= 4 is 58.6 Å². The van der Waals surface area contributed by atoms with E-state index in [1.807, 2.05) is 42.5 Å². The molecule has 7 unspecified atom stereocenters. The molecule has 5 amide bonds. The third kappa shape index (κ3) is 17.7. The molecule has 0 aliphatic carbocycles. The van der Waals surface area contributed by atoms with Crippen molar-refractivity contribution in [2.45, 2.75) is 87.6 Å². The van der Waals surface area contributed by atoms with Gasteiger partial charge in [0.1, 0.15) is 42.5 Å². The van der Waals surface area contributed by atoms with Crippen LogP contribution >= 0.6 is 0 Å². The number of aliphatic hydroxyl groups excluding tert-OH is 5. The van der Waals surface area contributed by atoms with E-state index >= 15 is 0 Å². The third-order valence-corrected chi connectivity index (χ3v) is 9.42. The first-order valence-electron chi connectivity index (χ1n) is 19.6. The van der Waals surface area contributed by atoms with E-state index in [-0.39, 0.29) is 44.3 Å². The van der Waals surface area contributed by atoms with Crippen molar-refractivity contribution in [2.75, 3.05) is 19.8 Å². The minimum Gasteiger partial charge on any atom is -0.481 e. The molecule has 3 rings (SSSR count). The minimum absolute atomic E-state index is 0.0175. The van der Waals surface area contributed by atoms with E-state index in [1.165, 1.54) is 12.1 Å². The van der Waals surface area contributed by atoms with E-state index in [2.05, 4.69) is 31.7 Å². The first-order valence-corrected chi connectivity index (χ1v) is 19.6. The Balaban J connectivity index is 1.55. The van der Waals surface area contributed by atoms with Crippen LogP contribution in [0.3, 0.4) is 0 Å². The molecule has 0 aliphatic rings. The average Bonchev–Trinajstić information content (AvgIpc) is 3.26. The number of carbonyl (C=O) groups excluding carboxylic acids is 4. The Morgan fingerprint density at radius 1 is 0.698 bits per heavy atom. The SMILES string of the molecule is O=C(O)CCC(NC(=O)NC(CCCCNC(=O)C(Cc1ccc2ccccc2c1)NC(=O)c1ccc(CNC(=O)CO/N=C\C(O)C(O)C(O)C(O)CO)cc1)C(=O)O)C(=O)O. The molecule has 0 saturated carbocycles. The van der Waals surface area contributed by atoms with E-state index in [9.17, 15) is 64.2 Å². The highest BCUT2D eigenvalue weighted by Crippen LogP contribution is 2.17. The molecular formula is C41H52N6O16. The zero-order valence-electron chi connectivity index (χ0n) is 33.8. The lowest BCUT2D eigenvalue weighted by Gasteiger charge is -2.23. The number of fused-ring (bicyclic) bond motifs is 1. The summed E-state index contributed by atoms with van der Waals surface area (Å²) in [5, 5.41) is 92.6. The van der Waals surface area contributed by atoms with Gasteiger partial charge < -0.3 is 72.3 Å².